The summed E-state index contributed by atoms with van der Waals surface area (Å²) in [5.41, 5.74) is 1.49. The molecule has 1 aromatic carbocycles. The average molecular weight is 245 g/mol. The fourth-order valence-corrected chi connectivity index (χ4v) is 2.94. The number of hydrogen-bond acceptors (Lipinski definition) is 1. The Labute approximate surface area is 112 Å². The minimum Gasteiger partial charge on any atom is -0.303 e. The molecule has 1 heterocycles. The molecule has 0 aliphatic carbocycles. The van der Waals surface area contributed by atoms with Crippen LogP contribution in [0.3, 0.4) is 0 Å². The van der Waals surface area contributed by atoms with Gasteiger partial charge >= 0.3 is 0 Å². The first-order valence-corrected chi connectivity index (χ1v) is 7.57. The maximum Gasteiger partial charge on any atom is -0.00130 e. The number of hydrogen-bond donors (Lipinski definition) is 0. The van der Waals surface area contributed by atoms with E-state index in [9.17, 15) is 0 Å². The van der Waals surface area contributed by atoms with Gasteiger partial charge in [-0.15, -0.1) is 0 Å². The average Bonchev–Trinajstić information content (AvgIpc) is 2.46. The van der Waals surface area contributed by atoms with Crippen molar-refractivity contribution in [3.63, 3.8) is 0 Å². The monoisotopic (exact) mass is 245 g/mol. The van der Waals surface area contributed by atoms with E-state index >= 15 is 0 Å². The Morgan fingerprint density at radius 1 is 1.17 bits per heavy atom. The second kappa shape index (κ2) is 6.94. The molecule has 1 aliphatic heterocycles. The summed E-state index contributed by atoms with van der Waals surface area (Å²) in [4.78, 5) is 2.66. The summed E-state index contributed by atoms with van der Waals surface area (Å²) in [5, 5.41) is 0. The van der Waals surface area contributed by atoms with E-state index in [4.69, 9.17) is 0 Å². The Balaban J connectivity index is 1.72. The summed E-state index contributed by atoms with van der Waals surface area (Å²) in [7, 11) is 0. The summed E-state index contributed by atoms with van der Waals surface area (Å²) in [6.45, 7) is 8.60. The molecule has 1 saturated heterocycles. The molecule has 0 bridgehead atoms. The molecule has 100 valence electrons. The van der Waals surface area contributed by atoms with Crippen molar-refractivity contribution in [2.24, 2.45) is 5.92 Å². The molecular formula is C17H27N. The fourth-order valence-electron chi connectivity index (χ4n) is 2.94. The van der Waals surface area contributed by atoms with Crippen LogP contribution in [-0.4, -0.2) is 24.5 Å². The molecule has 0 N–H and O–H groups in total. The van der Waals surface area contributed by atoms with Gasteiger partial charge in [-0.1, -0.05) is 50.6 Å². The van der Waals surface area contributed by atoms with Crippen LogP contribution in [0.4, 0.5) is 0 Å². The Bertz CT molecular complexity index is 325. The highest BCUT2D eigenvalue weighted by Crippen LogP contribution is 2.23. The van der Waals surface area contributed by atoms with Crippen LogP contribution in [0.2, 0.25) is 0 Å². The summed E-state index contributed by atoms with van der Waals surface area (Å²) in [5.74, 6) is 1.68. The second-order valence-corrected chi connectivity index (χ2v) is 5.79. The van der Waals surface area contributed by atoms with Gasteiger partial charge in [-0.2, -0.15) is 0 Å². The van der Waals surface area contributed by atoms with Gasteiger partial charge in [-0.3, -0.25) is 0 Å². The van der Waals surface area contributed by atoms with Crippen LogP contribution in [0, 0.1) is 5.92 Å². The van der Waals surface area contributed by atoms with E-state index in [1.165, 1.54) is 50.9 Å². The van der Waals surface area contributed by atoms with Crippen molar-refractivity contribution in [1.82, 2.24) is 4.90 Å². The number of benzene rings is 1. The van der Waals surface area contributed by atoms with E-state index in [-0.39, 0.29) is 0 Å². The molecule has 1 nitrogen and oxygen atoms in total. The molecule has 0 saturated carbocycles. The van der Waals surface area contributed by atoms with Gasteiger partial charge in [-0.25, -0.2) is 0 Å². The van der Waals surface area contributed by atoms with Gasteiger partial charge < -0.3 is 4.90 Å². The SMILES string of the molecule is CCC1CCN(CCC(C)c2ccccc2)CC1. The summed E-state index contributed by atoms with van der Waals surface area (Å²) in [6.07, 6.45) is 5.49. The molecule has 1 aromatic rings. The maximum absolute atomic E-state index is 2.66. The van der Waals surface area contributed by atoms with Crippen LogP contribution in [0.5, 0.6) is 0 Å². The number of likely N-dealkylation sites (tertiary alicyclic amines) is 1. The molecule has 0 amide bonds. The lowest BCUT2D eigenvalue weighted by Crippen LogP contribution is -2.34. The Hall–Kier alpha value is -0.820. The summed E-state index contributed by atoms with van der Waals surface area (Å²) < 4.78 is 0. The van der Waals surface area contributed by atoms with Crippen molar-refractivity contribution >= 4 is 0 Å². The summed E-state index contributed by atoms with van der Waals surface area (Å²) >= 11 is 0. The van der Waals surface area contributed by atoms with Crippen LogP contribution in [0.1, 0.15) is 51.0 Å². The van der Waals surface area contributed by atoms with Gasteiger partial charge in [0.15, 0.2) is 0 Å². The number of piperidine rings is 1. The predicted molar refractivity (Wildman–Crippen MR) is 78.9 cm³/mol. The van der Waals surface area contributed by atoms with Crippen molar-refractivity contribution in [3.05, 3.63) is 35.9 Å². The first-order chi connectivity index (χ1) is 8.79. The van der Waals surface area contributed by atoms with Gasteiger partial charge in [-0.05, 0) is 56.3 Å². The molecule has 2 rings (SSSR count). The van der Waals surface area contributed by atoms with Gasteiger partial charge in [0.05, 0.1) is 0 Å². The van der Waals surface area contributed by atoms with Crippen molar-refractivity contribution in [2.75, 3.05) is 19.6 Å². The van der Waals surface area contributed by atoms with Crippen LogP contribution in [0.25, 0.3) is 0 Å². The molecule has 1 atom stereocenters. The molecule has 1 unspecified atom stereocenters. The quantitative estimate of drug-likeness (QED) is 0.747. The van der Waals surface area contributed by atoms with E-state index in [1.54, 1.807) is 0 Å². The molecule has 0 spiro atoms. The Kier molecular flexibility index (Phi) is 5.25. The smallest absolute Gasteiger partial charge is 0.00130 e. The third-order valence-corrected chi connectivity index (χ3v) is 4.53. The largest absolute Gasteiger partial charge is 0.303 e. The highest BCUT2D eigenvalue weighted by molar-refractivity contribution is 5.18. The zero-order valence-electron chi connectivity index (χ0n) is 11.9. The number of rotatable bonds is 5. The zero-order valence-corrected chi connectivity index (χ0v) is 11.9. The van der Waals surface area contributed by atoms with Crippen LogP contribution in [-0.2, 0) is 0 Å². The highest BCUT2D eigenvalue weighted by atomic mass is 15.1. The van der Waals surface area contributed by atoms with Gasteiger partial charge in [0.25, 0.3) is 0 Å². The van der Waals surface area contributed by atoms with Gasteiger partial charge in [0.2, 0.25) is 0 Å². The van der Waals surface area contributed by atoms with Crippen molar-refractivity contribution in [1.29, 1.82) is 0 Å². The van der Waals surface area contributed by atoms with Crippen LogP contribution >= 0.6 is 0 Å². The lowest BCUT2D eigenvalue weighted by molar-refractivity contribution is 0.177. The van der Waals surface area contributed by atoms with E-state index in [2.05, 4.69) is 49.1 Å². The Morgan fingerprint density at radius 3 is 2.44 bits per heavy atom. The second-order valence-electron chi connectivity index (χ2n) is 5.79. The standard InChI is InChI=1S/C17H27N/c1-3-16-10-13-18(14-11-16)12-9-15(2)17-7-5-4-6-8-17/h4-8,15-16H,3,9-14H2,1-2H3. The van der Waals surface area contributed by atoms with E-state index in [0.717, 1.165) is 5.92 Å². The van der Waals surface area contributed by atoms with Crippen LogP contribution < -0.4 is 0 Å². The fraction of sp³-hybridized carbons (Fsp3) is 0.647. The topological polar surface area (TPSA) is 3.24 Å². The first kappa shape index (κ1) is 13.6. The van der Waals surface area contributed by atoms with E-state index < -0.39 is 0 Å². The highest BCUT2D eigenvalue weighted by Gasteiger charge is 2.18. The lowest BCUT2D eigenvalue weighted by Gasteiger charge is -2.32. The summed E-state index contributed by atoms with van der Waals surface area (Å²) in [6, 6.07) is 10.9. The van der Waals surface area contributed by atoms with Crippen LogP contribution in [0.15, 0.2) is 30.3 Å². The molecular weight excluding hydrogens is 218 g/mol. The van der Waals surface area contributed by atoms with E-state index in [1.807, 2.05) is 0 Å². The van der Waals surface area contributed by atoms with Crippen molar-refractivity contribution in [3.8, 4) is 0 Å². The number of nitrogens with zero attached hydrogens (tertiary/aromatic N) is 1. The zero-order chi connectivity index (χ0) is 12.8. The normalized spacial score (nSPS) is 19.9. The first-order valence-electron chi connectivity index (χ1n) is 7.57. The van der Waals surface area contributed by atoms with Gasteiger partial charge in [0.1, 0.15) is 0 Å². The van der Waals surface area contributed by atoms with Crippen molar-refractivity contribution in [2.45, 2.75) is 45.4 Å². The third-order valence-electron chi connectivity index (χ3n) is 4.53. The van der Waals surface area contributed by atoms with Crippen molar-refractivity contribution < 1.29 is 0 Å². The molecule has 1 heteroatoms. The molecule has 1 aliphatic rings. The maximum atomic E-state index is 2.66. The minimum atomic E-state index is 0.690. The molecule has 1 fully saturated rings. The lowest BCUT2D eigenvalue weighted by atomic mass is 9.93. The third kappa shape index (κ3) is 3.84. The molecule has 18 heavy (non-hydrogen) atoms. The molecule has 0 aromatic heterocycles. The Morgan fingerprint density at radius 2 is 1.83 bits per heavy atom. The van der Waals surface area contributed by atoms with E-state index in [0.29, 0.717) is 5.92 Å². The van der Waals surface area contributed by atoms with Gasteiger partial charge in [0, 0.05) is 0 Å². The molecule has 0 radical (unpaired) electrons. The predicted octanol–water partition coefficient (Wildman–Crippen LogP) is 4.30. The minimum absolute atomic E-state index is 0.690.